The van der Waals surface area contributed by atoms with Crippen molar-refractivity contribution in [2.75, 3.05) is 12.0 Å². The molecule has 2 aromatic carbocycles. The molecule has 0 N–H and O–H groups in total. The molecule has 0 spiro atoms. The molecule has 136 valence electrons. The molecule has 0 fully saturated rings. The van der Waals surface area contributed by atoms with E-state index in [9.17, 15) is 4.79 Å². The first-order valence-corrected chi connectivity index (χ1v) is 11.7. The van der Waals surface area contributed by atoms with Crippen molar-refractivity contribution in [1.82, 2.24) is 4.57 Å². The summed E-state index contributed by atoms with van der Waals surface area (Å²) in [6.45, 7) is 0. The Morgan fingerprint density at radius 2 is 2.00 bits per heavy atom. The highest BCUT2D eigenvalue weighted by Crippen LogP contribution is 2.23. The minimum absolute atomic E-state index is 0.0300. The number of hydrogen-bond acceptors (Lipinski definition) is 4. The molecular formula is C20H22N2OS3. The maximum atomic E-state index is 12.2. The highest BCUT2D eigenvalue weighted by molar-refractivity contribution is 7.98. The number of amides is 1. The standard InChI is InChI=1S/C20H22N2OS3/c1-22-17-11-10-16(24-2)13-18(17)26-20(22)21-19(23)9-6-12-25-14-15-7-4-3-5-8-15/h3-5,7-8,10-11,13H,6,9,12,14H2,1-2H3. The summed E-state index contributed by atoms with van der Waals surface area (Å²) in [5.41, 5.74) is 2.45. The van der Waals surface area contributed by atoms with Crippen LogP contribution in [0.15, 0.2) is 58.4 Å². The van der Waals surface area contributed by atoms with Gasteiger partial charge in [-0.15, -0.1) is 11.8 Å². The molecule has 0 saturated heterocycles. The molecule has 0 radical (unpaired) electrons. The molecule has 3 aromatic rings. The summed E-state index contributed by atoms with van der Waals surface area (Å²) in [6, 6.07) is 16.8. The molecule has 0 aliphatic rings. The maximum absolute atomic E-state index is 12.2. The Kier molecular flexibility index (Phi) is 7.00. The summed E-state index contributed by atoms with van der Waals surface area (Å²) >= 11 is 5.17. The lowest BCUT2D eigenvalue weighted by molar-refractivity contribution is -0.118. The molecule has 0 aliphatic heterocycles. The molecule has 0 saturated carbocycles. The molecule has 6 heteroatoms. The van der Waals surface area contributed by atoms with Crippen LogP contribution in [0.1, 0.15) is 18.4 Å². The van der Waals surface area contributed by atoms with Crippen LogP contribution >= 0.6 is 34.9 Å². The second kappa shape index (κ2) is 9.44. The van der Waals surface area contributed by atoms with Gasteiger partial charge in [0, 0.05) is 24.1 Å². The highest BCUT2D eigenvalue weighted by atomic mass is 32.2. The van der Waals surface area contributed by atoms with Crippen molar-refractivity contribution < 1.29 is 4.79 Å². The number of hydrogen-bond donors (Lipinski definition) is 0. The molecule has 1 heterocycles. The van der Waals surface area contributed by atoms with Gasteiger partial charge in [-0.1, -0.05) is 41.7 Å². The van der Waals surface area contributed by atoms with Crippen molar-refractivity contribution in [2.24, 2.45) is 12.0 Å². The van der Waals surface area contributed by atoms with Crippen LogP contribution in [-0.4, -0.2) is 22.5 Å². The van der Waals surface area contributed by atoms with Crippen LogP contribution in [0.3, 0.4) is 0 Å². The maximum Gasteiger partial charge on any atom is 0.248 e. The van der Waals surface area contributed by atoms with Gasteiger partial charge in [-0.05, 0) is 42.2 Å². The number of thiazole rings is 1. The minimum Gasteiger partial charge on any atom is -0.319 e. The van der Waals surface area contributed by atoms with Crippen molar-refractivity contribution >= 4 is 51.0 Å². The Hall–Kier alpha value is -1.50. The number of carbonyl (C=O) groups is 1. The predicted octanol–water partition coefficient (Wildman–Crippen LogP) is 5.10. The van der Waals surface area contributed by atoms with Gasteiger partial charge >= 0.3 is 0 Å². The van der Waals surface area contributed by atoms with E-state index < -0.39 is 0 Å². The monoisotopic (exact) mass is 402 g/mol. The van der Waals surface area contributed by atoms with E-state index >= 15 is 0 Å². The number of aromatic nitrogens is 1. The van der Waals surface area contributed by atoms with Gasteiger partial charge in [0.05, 0.1) is 10.2 Å². The fourth-order valence-electron chi connectivity index (χ4n) is 2.60. The van der Waals surface area contributed by atoms with E-state index in [0.717, 1.165) is 28.2 Å². The number of rotatable bonds is 7. The summed E-state index contributed by atoms with van der Waals surface area (Å²) in [4.78, 5) is 18.6. The van der Waals surface area contributed by atoms with Crippen molar-refractivity contribution in [1.29, 1.82) is 0 Å². The fraction of sp³-hybridized carbons (Fsp3) is 0.300. The van der Waals surface area contributed by atoms with Gasteiger partial charge in [0.1, 0.15) is 0 Å². The average Bonchev–Trinajstić information content (AvgIpc) is 2.97. The minimum atomic E-state index is -0.0300. The van der Waals surface area contributed by atoms with Gasteiger partial charge in [-0.25, -0.2) is 0 Å². The molecule has 3 nitrogen and oxygen atoms in total. The first-order chi connectivity index (χ1) is 12.7. The van der Waals surface area contributed by atoms with Gasteiger partial charge in [0.2, 0.25) is 5.91 Å². The Morgan fingerprint density at radius 1 is 1.19 bits per heavy atom. The number of nitrogens with zero attached hydrogens (tertiary/aromatic N) is 2. The van der Waals surface area contributed by atoms with Crippen LogP contribution in [0.2, 0.25) is 0 Å². The number of fused-ring (bicyclic) bond motifs is 1. The Labute approximate surface area is 166 Å². The van der Waals surface area contributed by atoms with Crippen LogP contribution in [0.4, 0.5) is 0 Å². The molecule has 1 amide bonds. The van der Waals surface area contributed by atoms with Crippen molar-refractivity contribution in [3.05, 3.63) is 58.9 Å². The Bertz CT molecular complexity index is 945. The van der Waals surface area contributed by atoms with Crippen LogP contribution in [0.5, 0.6) is 0 Å². The van der Waals surface area contributed by atoms with Gasteiger partial charge < -0.3 is 4.57 Å². The molecule has 0 atom stereocenters. The van der Waals surface area contributed by atoms with Crippen LogP contribution < -0.4 is 4.80 Å². The average molecular weight is 403 g/mol. The molecule has 3 rings (SSSR count). The van der Waals surface area contributed by atoms with E-state index in [1.54, 1.807) is 23.1 Å². The zero-order chi connectivity index (χ0) is 18.4. The molecule has 0 aliphatic carbocycles. The van der Waals surface area contributed by atoms with Gasteiger partial charge in [0.15, 0.2) is 4.80 Å². The predicted molar refractivity (Wildman–Crippen MR) is 115 cm³/mol. The smallest absolute Gasteiger partial charge is 0.248 e. The molecule has 1 aromatic heterocycles. The zero-order valence-electron chi connectivity index (χ0n) is 15.0. The normalized spacial score (nSPS) is 12.0. The van der Waals surface area contributed by atoms with E-state index in [-0.39, 0.29) is 5.91 Å². The Morgan fingerprint density at radius 3 is 2.77 bits per heavy atom. The van der Waals surface area contributed by atoms with E-state index in [2.05, 4.69) is 53.7 Å². The van der Waals surface area contributed by atoms with Crippen LogP contribution in [0.25, 0.3) is 10.2 Å². The van der Waals surface area contributed by atoms with E-state index in [1.807, 2.05) is 29.4 Å². The second-order valence-corrected chi connectivity index (χ2v) is 8.92. The van der Waals surface area contributed by atoms with Gasteiger partial charge in [0.25, 0.3) is 0 Å². The second-order valence-electron chi connectivity index (χ2n) is 5.92. The van der Waals surface area contributed by atoms with E-state index in [4.69, 9.17) is 0 Å². The first-order valence-electron chi connectivity index (χ1n) is 8.50. The topological polar surface area (TPSA) is 34.4 Å². The van der Waals surface area contributed by atoms with Gasteiger partial charge in [-0.2, -0.15) is 16.8 Å². The summed E-state index contributed by atoms with van der Waals surface area (Å²) in [5.74, 6) is 1.94. The number of aryl methyl sites for hydroxylation is 1. The summed E-state index contributed by atoms with van der Waals surface area (Å²) in [5, 5.41) is 0. The molecule has 0 bridgehead atoms. The largest absolute Gasteiger partial charge is 0.319 e. The van der Waals surface area contributed by atoms with Crippen LogP contribution in [-0.2, 0) is 17.6 Å². The zero-order valence-corrected chi connectivity index (χ0v) is 17.4. The highest BCUT2D eigenvalue weighted by Gasteiger charge is 2.06. The third-order valence-corrected chi connectivity index (χ3v) is 6.96. The SMILES string of the molecule is CSc1ccc2c(c1)sc(=NC(=O)CCCSCc1ccccc1)n2C. The summed E-state index contributed by atoms with van der Waals surface area (Å²) < 4.78 is 3.18. The van der Waals surface area contributed by atoms with Crippen molar-refractivity contribution in [2.45, 2.75) is 23.5 Å². The van der Waals surface area contributed by atoms with Crippen molar-refractivity contribution in [3.8, 4) is 0 Å². The lowest BCUT2D eigenvalue weighted by Gasteiger charge is -2.00. The Balaban J connectivity index is 1.55. The lowest BCUT2D eigenvalue weighted by atomic mass is 10.2. The quantitative estimate of drug-likeness (QED) is 0.407. The third-order valence-electron chi connectivity index (χ3n) is 4.03. The first kappa shape index (κ1) is 19.3. The van der Waals surface area contributed by atoms with E-state index in [0.29, 0.717) is 6.42 Å². The van der Waals surface area contributed by atoms with Crippen LogP contribution in [0, 0.1) is 0 Å². The third kappa shape index (κ3) is 5.02. The number of carbonyl (C=O) groups excluding carboxylic acids is 1. The summed E-state index contributed by atoms with van der Waals surface area (Å²) in [7, 11) is 1.97. The number of thioether (sulfide) groups is 2. The summed E-state index contributed by atoms with van der Waals surface area (Å²) in [6.07, 6.45) is 3.44. The number of benzene rings is 2. The van der Waals surface area contributed by atoms with E-state index in [1.165, 1.54) is 15.2 Å². The van der Waals surface area contributed by atoms with Gasteiger partial charge in [-0.3, -0.25) is 4.79 Å². The molecular weight excluding hydrogens is 380 g/mol. The molecule has 26 heavy (non-hydrogen) atoms. The lowest BCUT2D eigenvalue weighted by Crippen LogP contribution is -2.13. The van der Waals surface area contributed by atoms with Crippen molar-refractivity contribution in [3.63, 3.8) is 0 Å². The fourth-order valence-corrected chi connectivity index (χ4v) is 5.11. The molecule has 0 unspecified atom stereocenters.